The van der Waals surface area contributed by atoms with Crippen LogP contribution in [-0.2, 0) is 0 Å². The highest BCUT2D eigenvalue weighted by atomic mass is 16.4. The number of aromatic amines is 2. The summed E-state index contributed by atoms with van der Waals surface area (Å²) in [6.45, 7) is 1.82. The number of nitrogens with zero attached hydrogens (tertiary/aromatic N) is 1. The lowest BCUT2D eigenvalue weighted by molar-refractivity contribution is 0.103. The number of nitrogens with two attached hydrogens (primary N) is 1. The molecule has 3 rings (SSSR count). The number of carbonyl (C=O) groups is 1. The van der Waals surface area contributed by atoms with E-state index in [0.717, 1.165) is 5.69 Å². The van der Waals surface area contributed by atoms with Gasteiger partial charge in [-0.25, -0.2) is 0 Å². The van der Waals surface area contributed by atoms with E-state index >= 15 is 0 Å². The predicted molar refractivity (Wildman–Crippen MR) is 61.7 cm³/mol. The zero-order valence-electron chi connectivity index (χ0n) is 9.07. The Labute approximate surface area is 95.8 Å². The van der Waals surface area contributed by atoms with Gasteiger partial charge in [-0.05, 0) is 19.1 Å². The van der Waals surface area contributed by atoms with Gasteiger partial charge in [0.25, 0.3) is 0 Å². The van der Waals surface area contributed by atoms with Crippen molar-refractivity contribution in [2.45, 2.75) is 6.92 Å². The van der Waals surface area contributed by atoms with Gasteiger partial charge in [0.05, 0.1) is 16.6 Å². The summed E-state index contributed by atoms with van der Waals surface area (Å²) in [5.41, 5.74) is 7.66. The maximum atomic E-state index is 12.2. The molecule has 0 spiro atoms. The standard InChI is InChI=1S/C11H10N4O2/c1-5-7-8(9(16)6-3-2-4-13-6)10(12)17-11(7)15-14-5/h2-4,13H,12H2,1H3,(H,14,15). The molecule has 0 saturated heterocycles. The highest BCUT2D eigenvalue weighted by Crippen LogP contribution is 2.30. The molecule has 0 radical (unpaired) electrons. The van der Waals surface area contributed by atoms with Crippen LogP contribution in [0.15, 0.2) is 22.7 Å². The first kappa shape index (κ1) is 9.71. The van der Waals surface area contributed by atoms with Crippen molar-refractivity contribution in [2.24, 2.45) is 0 Å². The molecular weight excluding hydrogens is 220 g/mol. The Morgan fingerprint density at radius 2 is 2.35 bits per heavy atom. The molecule has 0 aliphatic heterocycles. The van der Waals surface area contributed by atoms with E-state index in [9.17, 15) is 4.79 Å². The molecule has 0 amide bonds. The summed E-state index contributed by atoms with van der Waals surface area (Å²) in [6.07, 6.45) is 1.68. The van der Waals surface area contributed by atoms with Gasteiger partial charge in [0.15, 0.2) is 0 Å². The maximum Gasteiger partial charge on any atom is 0.248 e. The number of nitrogens with one attached hydrogen (secondary N) is 2. The van der Waals surface area contributed by atoms with Crippen LogP contribution in [0.4, 0.5) is 5.88 Å². The van der Waals surface area contributed by atoms with E-state index in [1.165, 1.54) is 0 Å². The third kappa shape index (κ3) is 1.27. The fraction of sp³-hybridized carbons (Fsp3) is 0.0909. The summed E-state index contributed by atoms with van der Waals surface area (Å²) in [7, 11) is 0. The Hall–Kier alpha value is -2.50. The second-order valence-electron chi connectivity index (χ2n) is 3.78. The van der Waals surface area contributed by atoms with E-state index in [0.29, 0.717) is 22.4 Å². The van der Waals surface area contributed by atoms with Crippen molar-refractivity contribution in [3.63, 3.8) is 0 Å². The number of aromatic nitrogens is 3. The summed E-state index contributed by atoms with van der Waals surface area (Å²) in [5.74, 6) is -0.102. The van der Waals surface area contributed by atoms with Gasteiger partial charge in [-0.1, -0.05) is 0 Å². The molecule has 3 aromatic heterocycles. The molecule has 0 atom stereocenters. The first-order valence-electron chi connectivity index (χ1n) is 5.09. The summed E-state index contributed by atoms with van der Waals surface area (Å²) < 4.78 is 5.24. The Kier molecular flexibility index (Phi) is 1.85. The highest BCUT2D eigenvalue weighted by molar-refractivity contribution is 6.18. The van der Waals surface area contributed by atoms with Gasteiger partial charge in [0.2, 0.25) is 17.4 Å². The normalized spacial score (nSPS) is 11.1. The number of anilines is 1. The van der Waals surface area contributed by atoms with Crippen molar-refractivity contribution in [1.82, 2.24) is 15.2 Å². The van der Waals surface area contributed by atoms with Crippen LogP contribution in [0.1, 0.15) is 21.7 Å². The number of ketones is 1. The summed E-state index contributed by atoms with van der Waals surface area (Å²) in [4.78, 5) is 15.1. The monoisotopic (exact) mass is 230 g/mol. The van der Waals surface area contributed by atoms with Crippen LogP contribution in [-0.4, -0.2) is 21.0 Å². The van der Waals surface area contributed by atoms with E-state index < -0.39 is 0 Å². The summed E-state index contributed by atoms with van der Waals surface area (Å²) in [6, 6.07) is 3.44. The summed E-state index contributed by atoms with van der Waals surface area (Å²) in [5, 5.41) is 7.33. The number of furan rings is 1. The van der Waals surface area contributed by atoms with Crippen LogP contribution in [0.5, 0.6) is 0 Å². The maximum absolute atomic E-state index is 12.2. The molecule has 0 fully saturated rings. The van der Waals surface area contributed by atoms with E-state index in [1.807, 2.05) is 6.92 Å². The van der Waals surface area contributed by atoms with Crippen LogP contribution in [0.2, 0.25) is 0 Å². The molecule has 0 aromatic carbocycles. The quantitative estimate of drug-likeness (QED) is 0.582. The molecule has 0 saturated carbocycles. The average Bonchev–Trinajstić information content (AvgIpc) is 2.97. The largest absolute Gasteiger partial charge is 0.420 e. The Balaban J connectivity index is 2.26. The van der Waals surface area contributed by atoms with E-state index in [2.05, 4.69) is 15.2 Å². The number of hydrogen-bond donors (Lipinski definition) is 3. The van der Waals surface area contributed by atoms with E-state index in [-0.39, 0.29) is 11.7 Å². The number of H-pyrrole nitrogens is 2. The van der Waals surface area contributed by atoms with Crippen molar-refractivity contribution < 1.29 is 9.21 Å². The van der Waals surface area contributed by atoms with Crippen molar-refractivity contribution in [3.05, 3.63) is 35.3 Å². The number of aryl methyl sites for hydroxylation is 1. The second kappa shape index (κ2) is 3.24. The van der Waals surface area contributed by atoms with E-state index in [4.69, 9.17) is 10.2 Å². The molecule has 3 heterocycles. The molecule has 0 aliphatic rings. The second-order valence-corrected chi connectivity index (χ2v) is 3.78. The van der Waals surface area contributed by atoms with Gasteiger partial charge in [-0.3, -0.25) is 9.89 Å². The average molecular weight is 230 g/mol. The van der Waals surface area contributed by atoms with Gasteiger partial charge >= 0.3 is 0 Å². The van der Waals surface area contributed by atoms with E-state index in [1.54, 1.807) is 18.3 Å². The number of hydrogen-bond acceptors (Lipinski definition) is 4. The molecule has 86 valence electrons. The molecular formula is C11H10N4O2. The Morgan fingerprint density at radius 1 is 1.53 bits per heavy atom. The third-order valence-corrected chi connectivity index (χ3v) is 2.69. The van der Waals surface area contributed by atoms with Gasteiger partial charge in [-0.15, -0.1) is 5.10 Å². The van der Waals surface area contributed by atoms with Crippen LogP contribution in [0.25, 0.3) is 11.1 Å². The minimum absolute atomic E-state index is 0.0965. The molecule has 3 aromatic rings. The first-order chi connectivity index (χ1) is 8.18. The van der Waals surface area contributed by atoms with Crippen LogP contribution >= 0.6 is 0 Å². The minimum atomic E-state index is -0.198. The van der Waals surface area contributed by atoms with Gasteiger partial charge in [0.1, 0.15) is 0 Å². The van der Waals surface area contributed by atoms with Gasteiger partial charge in [-0.2, -0.15) is 0 Å². The lowest BCUT2D eigenvalue weighted by atomic mass is 10.1. The van der Waals surface area contributed by atoms with Crippen molar-refractivity contribution in [1.29, 1.82) is 0 Å². The topological polar surface area (TPSA) is 101 Å². The van der Waals surface area contributed by atoms with Gasteiger partial charge < -0.3 is 15.1 Å². The molecule has 0 unspecified atom stereocenters. The highest BCUT2D eigenvalue weighted by Gasteiger charge is 2.24. The molecule has 6 heteroatoms. The molecule has 4 N–H and O–H groups in total. The molecule has 17 heavy (non-hydrogen) atoms. The first-order valence-corrected chi connectivity index (χ1v) is 5.09. The fourth-order valence-electron chi connectivity index (χ4n) is 1.89. The van der Waals surface area contributed by atoms with Crippen LogP contribution in [0.3, 0.4) is 0 Å². The number of nitrogen functional groups attached to an aromatic ring is 1. The van der Waals surface area contributed by atoms with Crippen molar-refractivity contribution in [3.8, 4) is 0 Å². The fourth-order valence-corrected chi connectivity index (χ4v) is 1.89. The predicted octanol–water partition coefficient (Wildman–Crippen LogP) is 1.61. The lowest BCUT2D eigenvalue weighted by Crippen LogP contribution is -2.04. The zero-order valence-corrected chi connectivity index (χ0v) is 9.07. The number of rotatable bonds is 2. The zero-order chi connectivity index (χ0) is 12.0. The van der Waals surface area contributed by atoms with Crippen molar-refractivity contribution in [2.75, 3.05) is 5.73 Å². The van der Waals surface area contributed by atoms with Crippen LogP contribution < -0.4 is 5.73 Å². The molecule has 0 bridgehead atoms. The smallest absolute Gasteiger partial charge is 0.248 e. The minimum Gasteiger partial charge on any atom is -0.420 e. The summed E-state index contributed by atoms with van der Waals surface area (Å²) >= 11 is 0. The SMILES string of the molecule is Cc1[nH]nc2oc(N)c(C(=O)c3ccc[nH]3)c12. The number of fused-ring (bicyclic) bond motifs is 1. The van der Waals surface area contributed by atoms with Crippen molar-refractivity contribution >= 4 is 22.8 Å². The van der Waals surface area contributed by atoms with Gasteiger partial charge in [0, 0.05) is 11.9 Å². The molecule has 6 nitrogen and oxygen atoms in total. The Morgan fingerprint density at radius 3 is 3.06 bits per heavy atom. The lowest BCUT2D eigenvalue weighted by Gasteiger charge is -1.96. The molecule has 0 aliphatic carbocycles. The Bertz CT molecular complexity index is 691. The van der Waals surface area contributed by atoms with Crippen LogP contribution in [0, 0.1) is 6.92 Å². The third-order valence-electron chi connectivity index (χ3n) is 2.69. The number of carbonyl (C=O) groups excluding carboxylic acids is 1.